The lowest BCUT2D eigenvalue weighted by atomic mass is 10.1. The Kier molecular flexibility index (Phi) is 4.94. The second kappa shape index (κ2) is 6.70. The van der Waals surface area contributed by atoms with Gasteiger partial charge in [-0.25, -0.2) is 4.39 Å². The van der Waals surface area contributed by atoms with Crippen molar-refractivity contribution in [3.63, 3.8) is 0 Å². The second-order valence-electron chi connectivity index (χ2n) is 4.83. The summed E-state index contributed by atoms with van der Waals surface area (Å²) in [5.41, 5.74) is 6.91. The van der Waals surface area contributed by atoms with Crippen molar-refractivity contribution in [3.8, 4) is 0 Å². The third-order valence-electron chi connectivity index (χ3n) is 3.28. The molecule has 2 rings (SSSR count). The molecule has 0 fully saturated rings. The second-order valence-corrected chi connectivity index (χ2v) is 5.26. The summed E-state index contributed by atoms with van der Waals surface area (Å²) in [6, 6.07) is 11.6. The predicted molar refractivity (Wildman–Crippen MR) is 81.6 cm³/mol. The maximum atomic E-state index is 13.7. The third kappa shape index (κ3) is 4.03. The zero-order valence-corrected chi connectivity index (χ0v) is 12.3. The lowest BCUT2D eigenvalue weighted by Crippen LogP contribution is -2.19. The molecule has 0 saturated heterocycles. The van der Waals surface area contributed by atoms with E-state index in [-0.39, 0.29) is 11.9 Å². The van der Waals surface area contributed by atoms with Crippen LogP contribution in [-0.2, 0) is 6.54 Å². The van der Waals surface area contributed by atoms with Crippen LogP contribution < -0.4 is 11.1 Å². The summed E-state index contributed by atoms with van der Waals surface area (Å²) in [7, 11) is 0. The number of carbonyl (C=O) groups is 1. The first-order chi connectivity index (χ1) is 9.97. The zero-order valence-electron chi connectivity index (χ0n) is 11.6. The minimum Gasteiger partial charge on any atom is -0.366 e. The molecule has 0 radical (unpaired) electrons. The number of halogens is 2. The fraction of sp³-hybridized carbons (Fsp3) is 0.188. The Bertz CT molecular complexity index is 660. The van der Waals surface area contributed by atoms with E-state index in [4.69, 9.17) is 17.3 Å². The van der Waals surface area contributed by atoms with Crippen molar-refractivity contribution in [2.24, 2.45) is 5.73 Å². The first-order valence-electron chi connectivity index (χ1n) is 6.54. The molecule has 0 saturated carbocycles. The van der Waals surface area contributed by atoms with Crippen molar-refractivity contribution in [2.45, 2.75) is 19.5 Å². The fourth-order valence-electron chi connectivity index (χ4n) is 2.02. The average molecular weight is 307 g/mol. The van der Waals surface area contributed by atoms with E-state index in [1.165, 1.54) is 18.2 Å². The van der Waals surface area contributed by atoms with Crippen molar-refractivity contribution >= 4 is 17.5 Å². The van der Waals surface area contributed by atoms with Crippen LogP contribution >= 0.6 is 11.6 Å². The summed E-state index contributed by atoms with van der Waals surface area (Å²) >= 11 is 5.95. The molecule has 0 aliphatic rings. The van der Waals surface area contributed by atoms with Crippen LogP contribution in [0.2, 0.25) is 5.02 Å². The molecule has 2 aromatic rings. The molecule has 0 heterocycles. The van der Waals surface area contributed by atoms with Crippen LogP contribution in [0, 0.1) is 5.82 Å². The van der Waals surface area contributed by atoms with Crippen LogP contribution in [0.15, 0.2) is 42.5 Å². The molecule has 1 atom stereocenters. The molecule has 3 nitrogen and oxygen atoms in total. The number of hydrogen-bond donors (Lipinski definition) is 2. The molecule has 0 bridgehead atoms. The van der Waals surface area contributed by atoms with E-state index < -0.39 is 5.91 Å². The maximum absolute atomic E-state index is 13.7. The molecular formula is C16H16ClFN2O. The van der Waals surface area contributed by atoms with Gasteiger partial charge in [0.2, 0.25) is 5.91 Å². The van der Waals surface area contributed by atoms with Crippen LogP contribution in [0.1, 0.15) is 34.5 Å². The third-order valence-corrected chi connectivity index (χ3v) is 3.51. The van der Waals surface area contributed by atoms with Gasteiger partial charge in [0.25, 0.3) is 0 Å². The standard InChI is InChI=1S/C16H16ClFN2O/c1-10(11-3-2-4-14(17)8-11)20-9-13-7-12(16(19)21)5-6-15(13)18/h2-8,10,20H,9H2,1H3,(H2,19,21). The van der Waals surface area contributed by atoms with E-state index in [1.807, 2.05) is 25.1 Å². The van der Waals surface area contributed by atoms with Gasteiger partial charge in [-0.05, 0) is 42.8 Å². The number of amides is 1. The van der Waals surface area contributed by atoms with E-state index in [0.717, 1.165) is 5.56 Å². The highest BCUT2D eigenvalue weighted by Gasteiger charge is 2.10. The molecule has 2 aromatic carbocycles. The normalized spacial score (nSPS) is 12.1. The largest absolute Gasteiger partial charge is 0.366 e. The summed E-state index contributed by atoms with van der Waals surface area (Å²) in [5, 5.41) is 3.85. The molecule has 0 aromatic heterocycles. The van der Waals surface area contributed by atoms with Crippen LogP contribution in [0.25, 0.3) is 0 Å². The zero-order chi connectivity index (χ0) is 15.4. The minimum atomic E-state index is -0.570. The summed E-state index contributed by atoms with van der Waals surface area (Å²) in [4.78, 5) is 11.1. The Hall–Kier alpha value is -1.91. The Morgan fingerprint density at radius 1 is 1.33 bits per heavy atom. The van der Waals surface area contributed by atoms with E-state index in [2.05, 4.69) is 5.32 Å². The molecular weight excluding hydrogens is 291 g/mol. The molecule has 3 N–H and O–H groups in total. The van der Waals surface area contributed by atoms with Gasteiger partial charge in [0.1, 0.15) is 5.82 Å². The fourth-order valence-corrected chi connectivity index (χ4v) is 2.22. The molecule has 1 unspecified atom stereocenters. The van der Waals surface area contributed by atoms with Crippen molar-refractivity contribution < 1.29 is 9.18 Å². The summed E-state index contributed by atoms with van der Waals surface area (Å²) < 4.78 is 13.7. The first-order valence-corrected chi connectivity index (χ1v) is 6.92. The number of rotatable bonds is 5. The summed E-state index contributed by atoms with van der Waals surface area (Å²) in [6.45, 7) is 2.25. The summed E-state index contributed by atoms with van der Waals surface area (Å²) in [6.07, 6.45) is 0. The topological polar surface area (TPSA) is 55.1 Å². The van der Waals surface area contributed by atoms with Gasteiger partial charge in [-0.15, -0.1) is 0 Å². The highest BCUT2D eigenvalue weighted by atomic mass is 35.5. The van der Waals surface area contributed by atoms with Crippen molar-refractivity contribution in [2.75, 3.05) is 0 Å². The van der Waals surface area contributed by atoms with Crippen molar-refractivity contribution in [1.82, 2.24) is 5.32 Å². The number of hydrogen-bond acceptors (Lipinski definition) is 2. The lowest BCUT2D eigenvalue weighted by Gasteiger charge is -2.15. The highest BCUT2D eigenvalue weighted by Crippen LogP contribution is 2.18. The monoisotopic (exact) mass is 306 g/mol. The smallest absolute Gasteiger partial charge is 0.248 e. The Morgan fingerprint density at radius 2 is 2.10 bits per heavy atom. The number of nitrogens with two attached hydrogens (primary N) is 1. The van der Waals surface area contributed by atoms with Crippen LogP contribution in [-0.4, -0.2) is 5.91 Å². The van der Waals surface area contributed by atoms with Crippen LogP contribution in [0.3, 0.4) is 0 Å². The highest BCUT2D eigenvalue weighted by molar-refractivity contribution is 6.30. The average Bonchev–Trinajstić information content (AvgIpc) is 2.45. The lowest BCUT2D eigenvalue weighted by molar-refractivity contribution is 0.1000. The van der Waals surface area contributed by atoms with Gasteiger partial charge in [-0.1, -0.05) is 23.7 Å². The van der Waals surface area contributed by atoms with Crippen molar-refractivity contribution in [1.29, 1.82) is 0 Å². The van der Waals surface area contributed by atoms with Gasteiger partial charge in [0.05, 0.1) is 0 Å². The Morgan fingerprint density at radius 3 is 2.76 bits per heavy atom. The maximum Gasteiger partial charge on any atom is 0.248 e. The number of primary amides is 1. The van der Waals surface area contributed by atoms with Crippen LogP contribution in [0.4, 0.5) is 4.39 Å². The minimum absolute atomic E-state index is 0.000309. The summed E-state index contributed by atoms with van der Waals surface area (Å²) in [5.74, 6) is -0.940. The molecule has 0 aliphatic carbocycles. The molecule has 5 heteroatoms. The van der Waals surface area contributed by atoms with Gasteiger partial charge in [-0.2, -0.15) is 0 Å². The molecule has 0 spiro atoms. The predicted octanol–water partition coefficient (Wildman–Crippen LogP) is 3.43. The Balaban J connectivity index is 2.09. The van der Waals surface area contributed by atoms with Gasteiger partial charge in [0.15, 0.2) is 0 Å². The van der Waals surface area contributed by atoms with Gasteiger partial charge in [-0.3, -0.25) is 4.79 Å². The quantitative estimate of drug-likeness (QED) is 0.889. The van der Waals surface area contributed by atoms with E-state index >= 15 is 0 Å². The molecule has 0 aliphatic heterocycles. The van der Waals surface area contributed by atoms with Crippen molar-refractivity contribution in [3.05, 3.63) is 70.0 Å². The molecule has 110 valence electrons. The number of carbonyl (C=O) groups excluding carboxylic acids is 1. The number of nitrogens with one attached hydrogen (secondary N) is 1. The Labute approximate surface area is 127 Å². The van der Waals surface area contributed by atoms with Gasteiger partial charge >= 0.3 is 0 Å². The van der Waals surface area contributed by atoms with Gasteiger partial charge < -0.3 is 11.1 Å². The molecule has 1 amide bonds. The van der Waals surface area contributed by atoms with E-state index in [9.17, 15) is 9.18 Å². The van der Waals surface area contributed by atoms with E-state index in [1.54, 1.807) is 6.07 Å². The van der Waals surface area contributed by atoms with Crippen LogP contribution in [0.5, 0.6) is 0 Å². The molecule has 21 heavy (non-hydrogen) atoms. The first kappa shape index (κ1) is 15.5. The van der Waals surface area contributed by atoms with Gasteiger partial charge in [0, 0.05) is 28.7 Å². The van der Waals surface area contributed by atoms with E-state index in [0.29, 0.717) is 22.7 Å². The number of benzene rings is 2. The SMILES string of the molecule is CC(NCc1cc(C(N)=O)ccc1F)c1cccc(Cl)c1.